The molecule has 316 valence electrons. The number of carbonyl (C=O) groups is 2. The van der Waals surface area contributed by atoms with E-state index in [2.05, 4.69) is 54.5 Å². The fourth-order valence-electron chi connectivity index (χ4n) is 12.0. The molecule has 1 amide bonds. The van der Waals surface area contributed by atoms with Crippen molar-refractivity contribution in [2.75, 3.05) is 13.1 Å². The van der Waals surface area contributed by atoms with Gasteiger partial charge in [0, 0.05) is 38.0 Å². The number of allylic oxidation sites excluding steroid dienone is 1. The molecule has 4 aliphatic carbocycles. The molecule has 4 rings (SSSR count). The maximum atomic E-state index is 13.3. The summed E-state index contributed by atoms with van der Waals surface area (Å²) in [5.41, 5.74) is 14.2. The molecular formula is C46H85Cl2N3O3. The summed E-state index contributed by atoms with van der Waals surface area (Å²) in [6.45, 7) is 20.5. The van der Waals surface area contributed by atoms with Crippen LogP contribution in [0.3, 0.4) is 0 Å². The molecular weight excluding hydrogens is 713 g/mol. The van der Waals surface area contributed by atoms with Crippen LogP contribution in [-0.4, -0.2) is 48.1 Å². The number of esters is 1. The van der Waals surface area contributed by atoms with Crippen LogP contribution in [0.15, 0.2) is 11.6 Å². The number of amides is 1. The van der Waals surface area contributed by atoms with E-state index in [1.807, 2.05) is 11.8 Å². The molecule has 54 heavy (non-hydrogen) atoms. The normalized spacial score (nSPS) is 31.0. The smallest absolute Gasteiger partial charge is 0.306 e. The first-order valence-corrected chi connectivity index (χ1v) is 22.4. The van der Waals surface area contributed by atoms with E-state index < -0.39 is 0 Å². The zero-order chi connectivity index (χ0) is 38.1. The summed E-state index contributed by atoms with van der Waals surface area (Å²) in [5.74, 6) is 5.63. The van der Waals surface area contributed by atoms with Gasteiger partial charge < -0.3 is 21.1 Å². The maximum Gasteiger partial charge on any atom is 0.306 e. The number of ether oxygens (including phenoxy) is 1. The third-order valence-corrected chi connectivity index (χ3v) is 15.4. The third kappa shape index (κ3) is 12.8. The number of unbranched alkanes of at least 4 members (excludes halogenated alkanes) is 4. The second kappa shape index (κ2) is 22.9. The standard InChI is InChI=1S/C46H83N3O3.2ClH/c1-9-36(32(2)3)17-16-33(4)40-20-21-41-39-19-18-37-31-38(24-27-45(37,7)42(39)25-28-46(40,41)8)52-44(51)23-22-43(50)49(30-26-35(6)48)29-14-12-10-11-13-15-34(5)47;;/h18,32-36,38-42H,9-17,19-31,47-48H2,1-8H3;2*1H/t33?,34?,35?,36?,38-,39-,40+,41-,42-,45-,46+;;/m0../s1. The van der Waals surface area contributed by atoms with Crippen molar-refractivity contribution < 1.29 is 14.3 Å². The van der Waals surface area contributed by atoms with E-state index in [0.29, 0.717) is 12.0 Å². The largest absolute Gasteiger partial charge is 0.462 e. The second-order valence-electron chi connectivity index (χ2n) is 19.5. The Morgan fingerprint density at radius 2 is 1.50 bits per heavy atom. The summed E-state index contributed by atoms with van der Waals surface area (Å²) >= 11 is 0. The van der Waals surface area contributed by atoms with Gasteiger partial charge in [-0.3, -0.25) is 9.59 Å². The van der Waals surface area contributed by atoms with E-state index in [0.717, 1.165) is 92.9 Å². The number of hydrogen-bond acceptors (Lipinski definition) is 5. The van der Waals surface area contributed by atoms with Crippen LogP contribution < -0.4 is 11.5 Å². The Labute approximate surface area is 345 Å². The van der Waals surface area contributed by atoms with Crippen LogP contribution in [0, 0.1) is 52.3 Å². The molecule has 3 saturated carbocycles. The lowest BCUT2D eigenvalue weighted by molar-refractivity contribution is -0.153. The van der Waals surface area contributed by atoms with Crippen molar-refractivity contribution >= 4 is 36.7 Å². The maximum absolute atomic E-state index is 13.3. The zero-order valence-corrected chi connectivity index (χ0v) is 37.7. The van der Waals surface area contributed by atoms with Gasteiger partial charge in [-0.25, -0.2) is 0 Å². The van der Waals surface area contributed by atoms with Crippen molar-refractivity contribution in [1.82, 2.24) is 4.90 Å². The first-order valence-electron chi connectivity index (χ1n) is 22.4. The Hall–Kier alpha value is -0.820. The fourth-order valence-corrected chi connectivity index (χ4v) is 12.0. The molecule has 3 fully saturated rings. The number of carbonyl (C=O) groups excluding carboxylic acids is 2. The Morgan fingerprint density at radius 3 is 2.17 bits per heavy atom. The van der Waals surface area contributed by atoms with Gasteiger partial charge in [0.2, 0.25) is 5.91 Å². The average molecular weight is 799 g/mol. The molecule has 0 aromatic heterocycles. The number of hydrogen-bond donors (Lipinski definition) is 2. The number of fused-ring (bicyclic) bond motifs is 5. The lowest BCUT2D eigenvalue weighted by Crippen LogP contribution is -2.51. The minimum Gasteiger partial charge on any atom is -0.462 e. The summed E-state index contributed by atoms with van der Waals surface area (Å²) < 4.78 is 6.11. The highest BCUT2D eigenvalue weighted by Crippen LogP contribution is 2.67. The Balaban J connectivity index is 0.00000504. The van der Waals surface area contributed by atoms with E-state index in [1.165, 1.54) is 70.6 Å². The van der Waals surface area contributed by atoms with Crippen molar-refractivity contribution in [3.63, 3.8) is 0 Å². The van der Waals surface area contributed by atoms with E-state index >= 15 is 0 Å². The topological polar surface area (TPSA) is 98.7 Å². The Bertz CT molecular complexity index is 1160. The minimum atomic E-state index is -0.212. The Morgan fingerprint density at radius 1 is 0.815 bits per heavy atom. The van der Waals surface area contributed by atoms with Crippen LogP contribution in [0.5, 0.6) is 0 Å². The van der Waals surface area contributed by atoms with E-state index in [1.54, 1.807) is 5.57 Å². The SMILES string of the molecule is CCC(CCC(C)[C@H]1CC[C@H]2[C@@H]3CC=C4C[C@@H](OC(=O)CCC(=O)N(CCCCCCCC(C)N)CCC(C)N)CC[C@]4(C)[C@H]3CC[C@]12C)C(C)C.Cl.Cl. The monoisotopic (exact) mass is 798 g/mol. The molecule has 0 aliphatic heterocycles. The van der Waals surface area contributed by atoms with Crippen molar-refractivity contribution in [3.05, 3.63) is 11.6 Å². The molecule has 0 radical (unpaired) electrons. The average Bonchev–Trinajstić information content (AvgIpc) is 3.45. The summed E-state index contributed by atoms with van der Waals surface area (Å²) in [6, 6.07) is 0.324. The highest BCUT2D eigenvalue weighted by atomic mass is 35.5. The van der Waals surface area contributed by atoms with Crippen LogP contribution in [-0.2, 0) is 14.3 Å². The van der Waals surface area contributed by atoms with Crippen LogP contribution >= 0.6 is 24.8 Å². The zero-order valence-electron chi connectivity index (χ0n) is 36.1. The molecule has 8 heteroatoms. The molecule has 6 nitrogen and oxygen atoms in total. The minimum absolute atomic E-state index is 0. The van der Waals surface area contributed by atoms with Crippen LogP contribution in [0.4, 0.5) is 0 Å². The van der Waals surface area contributed by atoms with Gasteiger partial charge in [-0.05, 0) is 137 Å². The van der Waals surface area contributed by atoms with Gasteiger partial charge in [-0.1, -0.05) is 91.7 Å². The van der Waals surface area contributed by atoms with Crippen molar-refractivity contribution in [1.29, 1.82) is 0 Å². The second-order valence-corrected chi connectivity index (χ2v) is 19.5. The highest BCUT2D eigenvalue weighted by Gasteiger charge is 2.59. The van der Waals surface area contributed by atoms with Crippen LogP contribution in [0.2, 0.25) is 0 Å². The van der Waals surface area contributed by atoms with Crippen LogP contribution in [0.1, 0.15) is 184 Å². The van der Waals surface area contributed by atoms with Gasteiger partial charge in [0.15, 0.2) is 0 Å². The van der Waals surface area contributed by atoms with Crippen molar-refractivity contribution in [2.24, 2.45) is 63.7 Å². The van der Waals surface area contributed by atoms with Gasteiger partial charge in [0.05, 0.1) is 6.42 Å². The fraction of sp³-hybridized carbons (Fsp3) is 0.913. The molecule has 0 aromatic carbocycles. The summed E-state index contributed by atoms with van der Waals surface area (Å²) in [6.07, 6.45) is 24.3. The third-order valence-electron chi connectivity index (χ3n) is 15.4. The van der Waals surface area contributed by atoms with Gasteiger partial charge in [0.25, 0.3) is 0 Å². The molecule has 0 aromatic rings. The molecule has 4 aliphatic rings. The number of nitrogens with two attached hydrogens (primary N) is 2. The molecule has 0 saturated heterocycles. The summed E-state index contributed by atoms with van der Waals surface area (Å²) in [7, 11) is 0. The molecule has 4 unspecified atom stereocenters. The van der Waals surface area contributed by atoms with Gasteiger partial charge in [-0.15, -0.1) is 24.8 Å². The van der Waals surface area contributed by atoms with Crippen LogP contribution in [0.25, 0.3) is 0 Å². The van der Waals surface area contributed by atoms with Crippen molar-refractivity contribution in [3.8, 4) is 0 Å². The molecule has 4 N–H and O–H groups in total. The van der Waals surface area contributed by atoms with Gasteiger partial charge in [0.1, 0.15) is 6.10 Å². The van der Waals surface area contributed by atoms with E-state index in [-0.39, 0.29) is 73.1 Å². The molecule has 0 heterocycles. The lowest BCUT2D eigenvalue weighted by Gasteiger charge is -2.58. The van der Waals surface area contributed by atoms with E-state index in [4.69, 9.17) is 16.2 Å². The molecule has 0 bridgehead atoms. The predicted molar refractivity (Wildman–Crippen MR) is 232 cm³/mol. The highest BCUT2D eigenvalue weighted by molar-refractivity contribution is 5.85. The Kier molecular flexibility index (Phi) is 21.0. The van der Waals surface area contributed by atoms with Gasteiger partial charge in [-0.2, -0.15) is 0 Å². The summed E-state index contributed by atoms with van der Waals surface area (Å²) in [4.78, 5) is 28.3. The molecule has 11 atom stereocenters. The quantitative estimate of drug-likeness (QED) is 0.0684. The first-order chi connectivity index (χ1) is 24.7. The lowest BCUT2D eigenvalue weighted by atomic mass is 9.47. The predicted octanol–water partition coefficient (Wildman–Crippen LogP) is 11.5. The number of nitrogens with zero attached hydrogens (tertiary/aromatic N) is 1. The molecule has 0 spiro atoms. The van der Waals surface area contributed by atoms with Gasteiger partial charge >= 0.3 is 5.97 Å². The van der Waals surface area contributed by atoms with E-state index in [9.17, 15) is 9.59 Å². The van der Waals surface area contributed by atoms with Crippen molar-refractivity contribution in [2.45, 2.75) is 202 Å². The first kappa shape index (κ1) is 49.3. The number of halogens is 2. The summed E-state index contributed by atoms with van der Waals surface area (Å²) in [5, 5.41) is 0. The number of rotatable bonds is 21.